The number of fused-ring (bicyclic) bond motifs is 1. The van der Waals surface area contributed by atoms with Gasteiger partial charge in [0.15, 0.2) is 17.5 Å². The molecule has 1 aliphatic carbocycles. The van der Waals surface area contributed by atoms with Gasteiger partial charge < -0.3 is 25.0 Å². The molecule has 6 nitrogen and oxygen atoms in total. The molecule has 0 saturated heterocycles. The zero-order valence-electron chi connectivity index (χ0n) is 15.3. The molecule has 1 aromatic carbocycles. The fourth-order valence-electron chi connectivity index (χ4n) is 3.47. The number of hydrogen-bond donors (Lipinski definition) is 2. The summed E-state index contributed by atoms with van der Waals surface area (Å²) in [6.07, 6.45) is 5.40. The maximum Gasteiger partial charge on any atom is 0.191 e. The molecule has 6 heteroatoms. The van der Waals surface area contributed by atoms with Crippen molar-refractivity contribution in [1.82, 2.24) is 15.5 Å². The van der Waals surface area contributed by atoms with Crippen molar-refractivity contribution in [3.8, 4) is 11.5 Å². The predicted molar refractivity (Wildman–Crippen MR) is 101 cm³/mol. The van der Waals surface area contributed by atoms with E-state index in [1.807, 2.05) is 24.3 Å². The van der Waals surface area contributed by atoms with Crippen LogP contribution < -0.4 is 20.1 Å². The van der Waals surface area contributed by atoms with Crippen molar-refractivity contribution < 1.29 is 9.47 Å². The quantitative estimate of drug-likeness (QED) is 0.608. The molecule has 1 aromatic rings. The van der Waals surface area contributed by atoms with Gasteiger partial charge in [0.25, 0.3) is 0 Å². The Labute approximate surface area is 150 Å². The first-order valence-corrected chi connectivity index (χ1v) is 9.29. The number of ether oxygens (including phenoxy) is 2. The summed E-state index contributed by atoms with van der Waals surface area (Å²) in [4.78, 5) is 6.75. The maximum atomic E-state index is 5.96. The fourth-order valence-corrected chi connectivity index (χ4v) is 3.47. The molecule has 1 saturated carbocycles. The summed E-state index contributed by atoms with van der Waals surface area (Å²) in [5.41, 5.74) is 0. The Morgan fingerprint density at radius 2 is 1.96 bits per heavy atom. The van der Waals surface area contributed by atoms with Gasteiger partial charge in [-0.05, 0) is 32.0 Å². The molecule has 1 atom stereocenters. The van der Waals surface area contributed by atoms with Gasteiger partial charge in [0.05, 0.1) is 6.54 Å². The number of hydrogen-bond acceptors (Lipinski definition) is 4. The highest BCUT2D eigenvalue weighted by Crippen LogP contribution is 2.30. The number of guanidine groups is 1. The van der Waals surface area contributed by atoms with E-state index in [4.69, 9.17) is 9.47 Å². The molecule has 0 bridgehead atoms. The normalized spacial score (nSPS) is 20.8. The zero-order valence-corrected chi connectivity index (χ0v) is 15.3. The van der Waals surface area contributed by atoms with Gasteiger partial charge in [-0.1, -0.05) is 25.0 Å². The molecule has 0 amide bonds. The number of benzene rings is 1. The number of aliphatic imine (C=N–C) groups is 1. The van der Waals surface area contributed by atoms with Crippen LogP contribution in [-0.2, 0) is 0 Å². The van der Waals surface area contributed by atoms with Crippen LogP contribution >= 0.6 is 0 Å². The number of para-hydroxylation sites is 2. The molecule has 2 aliphatic rings. The van der Waals surface area contributed by atoms with Crippen LogP contribution in [0.4, 0.5) is 0 Å². The van der Waals surface area contributed by atoms with Crippen LogP contribution in [0.25, 0.3) is 0 Å². The van der Waals surface area contributed by atoms with Crippen molar-refractivity contribution in [3.63, 3.8) is 0 Å². The van der Waals surface area contributed by atoms with E-state index in [1.165, 1.54) is 25.7 Å². The summed E-state index contributed by atoms with van der Waals surface area (Å²) in [7, 11) is 4.02. The minimum absolute atomic E-state index is 0.0189. The van der Waals surface area contributed by atoms with Gasteiger partial charge in [-0.3, -0.25) is 4.99 Å². The van der Waals surface area contributed by atoms with E-state index < -0.39 is 0 Å². The SMILES string of the molecule is CN=C(NCCN(C)C1CCCC1)NCC1COc2ccccc2O1. The molecule has 1 aliphatic heterocycles. The van der Waals surface area contributed by atoms with Gasteiger partial charge in [0.2, 0.25) is 0 Å². The Morgan fingerprint density at radius 3 is 2.72 bits per heavy atom. The van der Waals surface area contributed by atoms with Crippen molar-refractivity contribution in [3.05, 3.63) is 24.3 Å². The van der Waals surface area contributed by atoms with E-state index in [9.17, 15) is 0 Å². The van der Waals surface area contributed by atoms with E-state index in [0.29, 0.717) is 13.2 Å². The summed E-state index contributed by atoms with van der Waals surface area (Å²) >= 11 is 0. The summed E-state index contributed by atoms with van der Waals surface area (Å²) in [6.45, 7) is 3.12. The monoisotopic (exact) mass is 346 g/mol. The van der Waals surface area contributed by atoms with E-state index in [-0.39, 0.29) is 6.10 Å². The molecule has 25 heavy (non-hydrogen) atoms. The van der Waals surface area contributed by atoms with Crippen LogP contribution in [0.1, 0.15) is 25.7 Å². The molecule has 3 rings (SSSR count). The third kappa shape index (κ3) is 5.01. The van der Waals surface area contributed by atoms with Crippen molar-refractivity contribution >= 4 is 5.96 Å². The highest BCUT2D eigenvalue weighted by Gasteiger charge is 2.21. The van der Waals surface area contributed by atoms with E-state index in [1.54, 1.807) is 7.05 Å². The van der Waals surface area contributed by atoms with Crippen LogP contribution in [0.5, 0.6) is 11.5 Å². The van der Waals surface area contributed by atoms with Gasteiger partial charge in [-0.25, -0.2) is 0 Å². The van der Waals surface area contributed by atoms with E-state index in [2.05, 4.69) is 27.6 Å². The molecule has 1 heterocycles. The second-order valence-electron chi connectivity index (χ2n) is 6.80. The molecule has 138 valence electrons. The first-order valence-electron chi connectivity index (χ1n) is 9.29. The minimum atomic E-state index is -0.0189. The second kappa shape index (κ2) is 8.94. The molecular formula is C19H30N4O2. The van der Waals surface area contributed by atoms with Crippen LogP contribution in [0, 0.1) is 0 Å². The predicted octanol–water partition coefficient (Wildman–Crippen LogP) is 1.87. The van der Waals surface area contributed by atoms with Gasteiger partial charge in [-0.15, -0.1) is 0 Å². The summed E-state index contributed by atoms with van der Waals surface area (Å²) < 4.78 is 11.7. The van der Waals surface area contributed by atoms with E-state index in [0.717, 1.165) is 36.6 Å². The molecular weight excluding hydrogens is 316 g/mol. The summed E-state index contributed by atoms with van der Waals surface area (Å²) in [5, 5.41) is 6.71. The lowest BCUT2D eigenvalue weighted by Gasteiger charge is -2.27. The van der Waals surface area contributed by atoms with Crippen LogP contribution in [0.15, 0.2) is 29.3 Å². The largest absolute Gasteiger partial charge is 0.486 e. The number of nitrogens with one attached hydrogen (secondary N) is 2. The average molecular weight is 346 g/mol. The number of likely N-dealkylation sites (N-methyl/N-ethyl adjacent to an activating group) is 1. The highest BCUT2D eigenvalue weighted by molar-refractivity contribution is 5.79. The van der Waals surface area contributed by atoms with Crippen molar-refractivity contribution in [1.29, 1.82) is 0 Å². The van der Waals surface area contributed by atoms with Crippen molar-refractivity contribution in [2.75, 3.05) is 40.3 Å². The minimum Gasteiger partial charge on any atom is -0.486 e. The maximum absolute atomic E-state index is 5.96. The topological polar surface area (TPSA) is 58.1 Å². The summed E-state index contributed by atoms with van der Waals surface area (Å²) in [5.74, 6) is 2.43. The van der Waals surface area contributed by atoms with Gasteiger partial charge in [0, 0.05) is 26.2 Å². The van der Waals surface area contributed by atoms with Crippen LogP contribution in [0.3, 0.4) is 0 Å². The zero-order chi connectivity index (χ0) is 17.5. The first-order chi connectivity index (χ1) is 12.3. The lowest BCUT2D eigenvalue weighted by Crippen LogP contribution is -2.47. The third-order valence-electron chi connectivity index (χ3n) is 4.99. The fraction of sp³-hybridized carbons (Fsp3) is 0.632. The third-order valence-corrected chi connectivity index (χ3v) is 4.99. The average Bonchev–Trinajstić information content (AvgIpc) is 3.19. The Balaban J connectivity index is 1.37. The highest BCUT2D eigenvalue weighted by atomic mass is 16.6. The summed E-state index contributed by atoms with van der Waals surface area (Å²) in [6, 6.07) is 8.53. The molecule has 2 N–H and O–H groups in total. The number of rotatable bonds is 6. The van der Waals surface area contributed by atoms with Crippen LogP contribution in [0.2, 0.25) is 0 Å². The smallest absolute Gasteiger partial charge is 0.191 e. The lowest BCUT2D eigenvalue weighted by molar-refractivity contribution is 0.0936. The van der Waals surface area contributed by atoms with Crippen LogP contribution in [-0.4, -0.2) is 63.3 Å². The molecule has 1 fully saturated rings. The standard InChI is InChI=1S/C19H30N4O2/c1-20-19(21-11-12-23(2)15-7-3-4-8-15)22-13-16-14-24-17-9-5-6-10-18(17)25-16/h5-6,9-10,15-16H,3-4,7-8,11-14H2,1-2H3,(H2,20,21,22). The molecule has 0 aromatic heterocycles. The Bertz CT molecular complexity index is 572. The Hall–Kier alpha value is -1.95. The van der Waals surface area contributed by atoms with Gasteiger partial charge in [0.1, 0.15) is 12.7 Å². The first kappa shape index (κ1) is 17.9. The van der Waals surface area contributed by atoms with Gasteiger partial charge >= 0.3 is 0 Å². The van der Waals surface area contributed by atoms with Gasteiger partial charge in [-0.2, -0.15) is 0 Å². The number of nitrogens with zero attached hydrogens (tertiary/aromatic N) is 2. The second-order valence-corrected chi connectivity index (χ2v) is 6.80. The van der Waals surface area contributed by atoms with E-state index >= 15 is 0 Å². The molecule has 0 radical (unpaired) electrons. The van der Waals surface area contributed by atoms with Crippen molar-refractivity contribution in [2.24, 2.45) is 4.99 Å². The van der Waals surface area contributed by atoms with Crippen molar-refractivity contribution in [2.45, 2.75) is 37.8 Å². The molecule has 0 spiro atoms. The Kier molecular flexibility index (Phi) is 6.39. The lowest BCUT2D eigenvalue weighted by atomic mass is 10.2. The Morgan fingerprint density at radius 1 is 1.20 bits per heavy atom. The molecule has 1 unspecified atom stereocenters.